The van der Waals surface area contributed by atoms with Gasteiger partial charge in [-0.15, -0.1) is 0 Å². The Labute approximate surface area is 214 Å². The van der Waals surface area contributed by atoms with Gasteiger partial charge in [0.1, 0.15) is 6.04 Å². The quantitative estimate of drug-likeness (QED) is 0.445. The number of hydrogen-bond acceptors (Lipinski definition) is 6. The second kappa shape index (κ2) is 11.1. The summed E-state index contributed by atoms with van der Waals surface area (Å²) >= 11 is 0. The Balaban J connectivity index is 1.07. The van der Waals surface area contributed by atoms with Crippen LogP contribution in [0.25, 0.3) is 10.9 Å². The summed E-state index contributed by atoms with van der Waals surface area (Å²) in [7, 11) is 0. The second-order valence-corrected chi connectivity index (χ2v) is 9.86. The van der Waals surface area contributed by atoms with Crippen molar-refractivity contribution < 1.29 is 19.1 Å². The Kier molecular flexibility index (Phi) is 7.50. The molecule has 2 saturated heterocycles. The number of piperidine rings is 2. The van der Waals surface area contributed by atoms with Gasteiger partial charge in [0, 0.05) is 62.4 Å². The van der Waals surface area contributed by atoms with Gasteiger partial charge >= 0.3 is 0 Å². The van der Waals surface area contributed by atoms with Crippen molar-refractivity contribution in [2.45, 2.75) is 57.3 Å². The summed E-state index contributed by atoms with van der Waals surface area (Å²) in [6.07, 6.45) is 8.64. The molecule has 0 radical (unpaired) electrons. The normalized spacial score (nSPS) is 18.2. The first-order chi connectivity index (χ1) is 18.0. The molecule has 3 amide bonds. The molecule has 0 bridgehead atoms. The van der Waals surface area contributed by atoms with Crippen molar-refractivity contribution in [1.82, 2.24) is 35.3 Å². The molecular formula is C26H33N7O4. The molecule has 11 nitrogen and oxygen atoms in total. The smallest absolute Gasteiger partial charge is 0.253 e. The predicted octanol–water partition coefficient (Wildman–Crippen LogP) is 1.65. The van der Waals surface area contributed by atoms with E-state index in [1.807, 2.05) is 28.0 Å². The van der Waals surface area contributed by atoms with E-state index in [2.05, 4.69) is 25.5 Å². The average molecular weight is 508 g/mol. The molecule has 5 rings (SSSR count). The van der Waals surface area contributed by atoms with Crippen molar-refractivity contribution in [3.63, 3.8) is 0 Å². The summed E-state index contributed by atoms with van der Waals surface area (Å²) in [5, 5.41) is 10.6. The molecule has 2 fully saturated rings. The van der Waals surface area contributed by atoms with E-state index in [1.54, 1.807) is 18.7 Å². The summed E-state index contributed by atoms with van der Waals surface area (Å²) in [5.41, 5.74) is 2.40. The van der Waals surface area contributed by atoms with Crippen LogP contribution in [0.3, 0.4) is 0 Å². The molecule has 3 aromatic rings. The Morgan fingerprint density at radius 1 is 1.05 bits per heavy atom. The molecule has 37 heavy (non-hydrogen) atoms. The summed E-state index contributed by atoms with van der Waals surface area (Å²) < 4.78 is 6.38. The van der Waals surface area contributed by atoms with Gasteiger partial charge in [0.2, 0.25) is 11.8 Å². The fourth-order valence-corrected chi connectivity index (χ4v) is 5.22. The third-order valence-electron chi connectivity index (χ3n) is 7.21. The van der Waals surface area contributed by atoms with Crippen LogP contribution in [0.5, 0.6) is 0 Å². The van der Waals surface area contributed by atoms with E-state index in [9.17, 15) is 14.4 Å². The number of amides is 3. The number of aromatic amines is 2. The van der Waals surface area contributed by atoms with Crippen LogP contribution in [0.2, 0.25) is 0 Å². The van der Waals surface area contributed by atoms with Crippen LogP contribution in [0.1, 0.15) is 48.7 Å². The first-order valence-corrected chi connectivity index (χ1v) is 12.9. The molecule has 196 valence electrons. The minimum atomic E-state index is -0.619. The van der Waals surface area contributed by atoms with Gasteiger partial charge < -0.3 is 24.8 Å². The zero-order valence-corrected chi connectivity index (χ0v) is 21.0. The van der Waals surface area contributed by atoms with Gasteiger partial charge in [-0.3, -0.25) is 19.5 Å². The minimum absolute atomic E-state index is 0.0391. The summed E-state index contributed by atoms with van der Waals surface area (Å²) in [4.78, 5) is 48.5. The molecule has 0 saturated carbocycles. The molecule has 1 atom stereocenters. The van der Waals surface area contributed by atoms with Gasteiger partial charge in [0.15, 0.2) is 0 Å². The number of hydrogen-bond donors (Lipinski definition) is 3. The van der Waals surface area contributed by atoms with Crippen molar-refractivity contribution in [2.75, 3.05) is 26.2 Å². The van der Waals surface area contributed by atoms with Crippen LogP contribution in [0.4, 0.5) is 0 Å². The zero-order valence-electron chi connectivity index (χ0n) is 21.0. The number of benzene rings is 1. The van der Waals surface area contributed by atoms with Crippen LogP contribution in [0, 0.1) is 0 Å². The van der Waals surface area contributed by atoms with Crippen molar-refractivity contribution in [3.05, 3.63) is 48.2 Å². The van der Waals surface area contributed by atoms with Crippen LogP contribution < -0.4 is 5.32 Å². The summed E-state index contributed by atoms with van der Waals surface area (Å²) in [6, 6.07) is 4.99. The molecule has 2 aliphatic heterocycles. The predicted molar refractivity (Wildman–Crippen MR) is 136 cm³/mol. The van der Waals surface area contributed by atoms with Crippen molar-refractivity contribution in [2.24, 2.45) is 0 Å². The van der Waals surface area contributed by atoms with E-state index in [4.69, 9.17) is 4.74 Å². The lowest BCUT2D eigenvalue weighted by atomic mass is 10.0. The fraction of sp³-hybridized carbons (Fsp3) is 0.500. The number of nitrogens with one attached hydrogen (secondary N) is 3. The van der Waals surface area contributed by atoms with Gasteiger partial charge in [0.05, 0.1) is 30.2 Å². The third kappa shape index (κ3) is 5.99. The number of H-pyrrole nitrogens is 2. The lowest BCUT2D eigenvalue weighted by Crippen LogP contribution is -2.52. The molecule has 4 heterocycles. The topological polar surface area (TPSA) is 136 Å². The van der Waals surface area contributed by atoms with Gasteiger partial charge in [-0.05, 0) is 43.9 Å². The molecule has 0 aliphatic carbocycles. The van der Waals surface area contributed by atoms with Gasteiger partial charge in [-0.25, -0.2) is 4.98 Å². The highest BCUT2D eigenvalue weighted by Gasteiger charge is 2.32. The fourth-order valence-electron chi connectivity index (χ4n) is 5.22. The largest absolute Gasteiger partial charge is 0.375 e. The van der Waals surface area contributed by atoms with Crippen molar-refractivity contribution >= 4 is 28.6 Å². The Morgan fingerprint density at radius 3 is 2.41 bits per heavy atom. The number of aromatic nitrogens is 4. The van der Waals surface area contributed by atoms with Gasteiger partial charge in [-0.2, -0.15) is 5.10 Å². The molecule has 0 unspecified atom stereocenters. The zero-order chi connectivity index (χ0) is 25.8. The lowest BCUT2D eigenvalue weighted by molar-refractivity contribution is -0.139. The Morgan fingerprint density at radius 2 is 1.76 bits per heavy atom. The first kappa shape index (κ1) is 24.9. The van der Waals surface area contributed by atoms with E-state index in [-0.39, 0.29) is 29.9 Å². The maximum Gasteiger partial charge on any atom is 0.253 e. The highest BCUT2D eigenvalue weighted by atomic mass is 16.5. The average Bonchev–Trinajstić information content (AvgIpc) is 3.60. The van der Waals surface area contributed by atoms with Crippen LogP contribution >= 0.6 is 0 Å². The van der Waals surface area contributed by atoms with Crippen LogP contribution in [-0.4, -0.2) is 92.1 Å². The number of imidazole rings is 1. The maximum atomic E-state index is 13.1. The number of carbonyl (C=O) groups is 3. The monoisotopic (exact) mass is 507 g/mol. The van der Waals surface area contributed by atoms with E-state index in [0.717, 1.165) is 42.3 Å². The second-order valence-electron chi connectivity index (χ2n) is 9.86. The molecule has 1 aromatic carbocycles. The standard InChI is InChI=1S/C26H33N7O4/c1-17(34)30-24(13-20-15-27-16-28-20)26(36)33-10-6-22(7-11-33)37-21-4-8-32(9-5-21)25(35)18-2-3-23-19(12-18)14-29-31-23/h2-3,12,14-16,21-22,24H,4-11,13H2,1H3,(H,27,28)(H,29,31)(H,30,34)/t24-/m1/s1. The summed E-state index contributed by atoms with van der Waals surface area (Å²) in [5.74, 6) is -0.274. The molecule has 3 N–H and O–H groups in total. The Hall–Kier alpha value is -3.73. The molecule has 2 aliphatic rings. The van der Waals surface area contributed by atoms with Gasteiger partial charge in [-0.1, -0.05) is 0 Å². The SMILES string of the molecule is CC(=O)N[C@H](Cc1cnc[nH]1)C(=O)N1CCC(OC2CCN(C(=O)c3ccc4[nH]ncc4c3)CC2)CC1. The minimum Gasteiger partial charge on any atom is -0.375 e. The van der Waals surface area contributed by atoms with Crippen molar-refractivity contribution in [3.8, 4) is 0 Å². The molecule has 2 aromatic heterocycles. The van der Waals surface area contributed by atoms with Gasteiger partial charge in [0.25, 0.3) is 5.91 Å². The third-order valence-corrected chi connectivity index (χ3v) is 7.21. The number of rotatable bonds is 7. The van der Waals surface area contributed by atoms with Crippen LogP contribution in [-0.2, 0) is 20.7 Å². The van der Waals surface area contributed by atoms with Crippen molar-refractivity contribution in [1.29, 1.82) is 0 Å². The molecular weight excluding hydrogens is 474 g/mol. The number of likely N-dealkylation sites (tertiary alicyclic amines) is 2. The first-order valence-electron chi connectivity index (χ1n) is 12.9. The van der Waals surface area contributed by atoms with E-state index in [1.165, 1.54) is 6.92 Å². The van der Waals surface area contributed by atoms with Crippen LogP contribution in [0.15, 0.2) is 36.9 Å². The Bertz CT molecular complexity index is 1220. The number of nitrogens with zero attached hydrogens (tertiary/aromatic N) is 4. The molecule has 0 spiro atoms. The number of carbonyl (C=O) groups excluding carboxylic acids is 3. The van der Waals surface area contributed by atoms with E-state index in [0.29, 0.717) is 38.2 Å². The maximum absolute atomic E-state index is 13.1. The van der Waals surface area contributed by atoms with E-state index < -0.39 is 6.04 Å². The highest BCUT2D eigenvalue weighted by Crippen LogP contribution is 2.23. The highest BCUT2D eigenvalue weighted by molar-refractivity contribution is 5.98. The number of fused-ring (bicyclic) bond motifs is 1. The number of ether oxygens (including phenoxy) is 1. The van der Waals surface area contributed by atoms with E-state index >= 15 is 0 Å². The molecule has 11 heteroatoms. The summed E-state index contributed by atoms with van der Waals surface area (Å²) in [6.45, 7) is 3.93. The lowest BCUT2D eigenvalue weighted by Gasteiger charge is -2.38.